The molecular formula is C20H28ClN3O2. The summed E-state index contributed by atoms with van der Waals surface area (Å²) >= 11 is 6.26. The molecule has 0 unspecified atom stereocenters. The van der Waals surface area contributed by atoms with E-state index in [-0.39, 0.29) is 6.04 Å². The maximum Gasteiger partial charge on any atom is 0.309 e. The van der Waals surface area contributed by atoms with Crippen LogP contribution in [0.25, 0.3) is 0 Å². The van der Waals surface area contributed by atoms with E-state index in [4.69, 9.17) is 11.6 Å². The fourth-order valence-corrected chi connectivity index (χ4v) is 3.40. The van der Waals surface area contributed by atoms with Crippen molar-refractivity contribution in [3.8, 4) is 0 Å². The first-order valence-electron chi connectivity index (χ1n) is 9.14. The van der Waals surface area contributed by atoms with Crippen molar-refractivity contribution in [3.63, 3.8) is 0 Å². The zero-order chi connectivity index (χ0) is 18.9. The number of amides is 2. The molecule has 1 atom stereocenters. The molecule has 0 aromatic heterocycles. The van der Waals surface area contributed by atoms with Crippen LogP contribution >= 0.6 is 11.6 Å². The molecule has 0 fully saturated rings. The highest BCUT2D eigenvalue weighted by atomic mass is 35.5. The Hall–Kier alpha value is -1.85. The summed E-state index contributed by atoms with van der Waals surface area (Å²) in [6.07, 6.45) is 7.76. The van der Waals surface area contributed by atoms with Crippen LogP contribution in [0.4, 0.5) is 0 Å². The molecule has 0 spiro atoms. The summed E-state index contributed by atoms with van der Waals surface area (Å²) in [6.45, 7) is 0.813. The molecule has 0 aliphatic heterocycles. The largest absolute Gasteiger partial charge is 0.348 e. The number of likely N-dealkylation sites (N-methyl/N-ethyl adjacent to an activating group) is 1. The van der Waals surface area contributed by atoms with Crippen LogP contribution in [0.1, 0.15) is 43.7 Å². The molecule has 142 valence electrons. The molecule has 0 saturated heterocycles. The molecule has 0 radical (unpaired) electrons. The number of allylic oxidation sites excluding steroid dienone is 1. The van der Waals surface area contributed by atoms with E-state index < -0.39 is 11.8 Å². The number of nitrogens with zero attached hydrogens (tertiary/aromatic N) is 1. The number of hydrogen-bond donors (Lipinski definition) is 2. The smallest absolute Gasteiger partial charge is 0.309 e. The second-order valence-electron chi connectivity index (χ2n) is 6.83. The molecule has 0 bridgehead atoms. The maximum absolute atomic E-state index is 12.1. The SMILES string of the molecule is CN(C)[C@@H](CNC(=O)C(=O)NCCC1=CCCCC1)c1ccccc1Cl. The van der Waals surface area contributed by atoms with Crippen LogP contribution in [0.15, 0.2) is 35.9 Å². The molecular weight excluding hydrogens is 350 g/mol. The van der Waals surface area contributed by atoms with E-state index >= 15 is 0 Å². The average molecular weight is 378 g/mol. The van der Waals surface area contributed by atoms with Gasteiger partial charge in [-0.25, -0.2) is 0 Å². The number of rotatable bonds is 7. The van der Waals surface area contributed by atoms with Crippen LogP contribution in [0.5, 0.6) is 0 Å². The van der Waals surface area contributed by atoms with Gasteiger partial charge in [-0.05, 0) is 57.8 Å². The van der Waals surface area contributed by atoms with Gasteiger partial charge in [-0.3, -0.25) is 9.59 Å². The molecule has 1 aromatic rings. The number of carbonyl (C=O) groups excluding carboxylic acids is 2. The van der Waals surface area contributed by atoms with Crippen LogP contribution in [-0.4, -0.2) is 43.9 Å². The first kappa shape index (κ1) is 20.5. The van der Waals surface area contributed by atoms with Gasteiger partial charge in [-0.15, -0.1) is 0 Å². The van der Waals surface area contributed by atoms with Crippen molar-refractivity contribution in [3.05, 3.63) is 46.5 Å². The number of hydrogen-bond acceptors (Lipinski definition) is 3. The third-order valence-corrected chi connectivity index (χ3v) is 5.01. The summed E-state index contributed by atoms with van der Waals surface area (Å²) in [6, 6.07) is 7.42. The first-order chi connectivity index (χ1) is 12.5. The molecule has 1 aliphatic rings. The second-order valence-corrected chi connectivity index (χ2v) is 7.23. The van der Waals surface area contributed by atoms with Crippen molar-refractivity contribution >= 4 is 23.4 Å². The average Bonchev–Trinajstić information content (AvgIpc) is 2.63. The summed E-state index contributed by atoms with van der Waals surface area (Å²) in [5.74, 6) is -1.19. The highest BCUT2D eigenvalue weighted by Gasteiger charge is 2.20. The van der Waals surface area contributed by atoms with Crippen molar-refractivity contribution in [2.24, 2.45) is 0 Å². The Morgan fingerprint density at radius 2 is 1.88 bits per heavy atom. The predicted molar refractivity (Wildman–Crippen MR) is 105 cm³/mol. The van der Waals surface area contributed by atoms with Gasteiger partial charge in [0, 0.05) is 18.1 Å². The van der Waals surface area contributed by atoms with Gasteiger partial charge >= 0.3 is 11.8 Å². The molecule has 1 aliphatic carbocycles. The molecule has 2 N–H and O–H groups in total. The van der Waals surface area contributed by atoms with Gasteiger partial charge < -0.3 is 15.5 Å². The van der Waals surface area contributed by atoms with Gasteiger partial charge in [0.15, 0.2) is 0 Å². The van der Waals surface area contributed by atoms with Crippen LogP contribution in [-0.2, 0) is 9.59 Å². The normalized spacial score (nSPS) is 15.3. The molecule has 6 heteroatoms. The Balaban J connectivity index is 1.80. The second kappa shape index (κ2) is 10.3. The summed E-state index contributed by atoms with van der Waals surface area (Å²) in [4.78, 5) is 26.0. The molecule has 1 aromatic carbocycles. The Kier molecular flexibility index (Phi) is 8.13. The zero-order valence-corrected chi connectivity index (χ0v) is 16.3. The minimum absolute atomic E-state index is 0.104. The van der Waals surface area contributed by atoms with E-state index in [1.807, 2.05) is 43.3 Å². The van der Waals surface area contributed by atoms with E-state index in [1.165, 1.54) is 18.4 Å². The lowest BCUT2D eigenvalue weighted by molar-refractivity contribution is -0.139. The third-order valence-electron chi connectivity index (χ3n) is 4.67. The Bertz CT molecular complexity index is 658. The molecule has 26 heavy (non-hydrogen) atoms. The molecule has 2 rings (SSSR count). The summed E-state index contributed by atoms with van der Waals surface area (Å²) in [7, 11) is 3.83. The Morgan fingerprint density at radius 3 is 2.54 bits per heavy atom. The monoisotopic (exact) mass is 377 g/mol. The highest BCUT2D eigenvalue weighted by Crippen LogP contribution is 2.25. The minimum Gasteiger partial charge on any atom is -0.348 e. The van der Waals surface area contributed by atoms with E-state index in [2.05, 4.69) is 16.7 Å². The van der Waals surface area contributed by atoms with Gasteiger partial charge in [0.2, 0.25) is 0 Å². The lowest BCUT2D eigenvalue weighted by Crippen LogP contribution is -2.43. The number of halogens is 1. The van der Waals surface area contributed by atoms with Crippen molar-refractivity contribution in [2.75, 3.05) is 27.2 Å². The van der Waals surface area contributed by atoms with Gasteiger partial charge in [0.25, 0.3) is 0 Å². The van der Waals surface area contributed by atoms with Crippen LogP contribution in [0.2, 0.25) is 5.02 Å². The predicted octanol–water partition coefficient (Wildman–Crippen LogP) is 3.07. The maximum atomic E-state index is 12.1. The van der Waals surface area contributed by atoms with Crippen molar-refractivity contribution < 1.29 is 9.59 Å². The van der Waals surface area contributed by atoms with Crippen molar-refractivity contribution in [1.82, 2.24) is 15.5 Å². The number of carbonyl (C=O) groups is 2. The highest BCUT2D eigenvalue weighted by molar-refractivity contribution is 6.35. The van der Waals surface area contributed by atoms with E-state index in [1.54, 1.807) is 0 Å². The number of benzene rings is 1. The topological polar surface area (TPSA) is 61.4 Å². The van der Waals surface area contributed by atoms with Crippen LogP contribution in [0, 0.1) is 0 Å². The standard InChI is InChI=1S/C20H28ClN3O2/c1-24(2)18(16-10-6-7-11-17(16)21)14-23-20(26)19(25)22-13-12-15-8-4-3-5-9-15/h6-8,10-11,18H,3-5,9,12-14H2,1-2H3,(H,22,25)(H,23,26)/t18-/m0/s1. The van der Waals surface area contributed by atoms with Gasteiger partial charge in [-0.1, -0.05) is 41.4 Å². The minimum atomic E-state index is -0.610. The fourth-order valence-electron chi connectivity index (χ4n) is 3.13. The summed E-state index contributed by atoms with van der Waals surface area (Å²) in [5, 5.41) is 6.06. The van der Waals surface area contributed by atoms with E-state index in [0.29, 0.717) is 18.1 Å². The molecule has 0 heterocycles. The molecule has 5 nitrogen and oxygen atoms in total. The Labute approximate surface area is 160 Å². The Morgan fingerprint density at radius 1 is 1.15 bits per heavy atom. The van der Waals surface area contributed by atoms with E-state index in [9.17, 15) is 9.59 Å². The molecule has 0 saturated carbocycles. The number of nitrogens with one attached hydrogen (secondary N) is 2. The first-order valence-corrected chi connectivity index (χ1v) is 9.51. The zero-order valence-electron chi connectivity index (χ0n) is 15.6. The lowest BCUT2D eigenvalue weighted by atomic mass is 9.97. The fraction of sp³-hybridized carbons (Fsp3) is 0.500. The van der Waals surface area contributed by atoms with Crippen molar-refractivity contribution in [1.29, 1.82) is 0 Å². The summed E-state index contributed by atoms with van der Waals surface area (Å²) < 4.78 is 0. The third kappa shape index (κ3) is 6.15. The van der Waals surface area contributed by atoms with Crippen LogP contribution in [0.3, 0.4) is 0 Å². The van der Waals surface area contributed by atoms with Crippen LogP contribution < -0.4 is 10.6 Å². The summed E-state index contributed by atoms with van der Waals surface area (Å²) in [5.41, 5.74) is 2.30. The lowest BCUT2D eigenvalue weighted by Gasteiger charge is -2.25. The van der Waals surface area contributed by atoms with Gasteiger partial charge in [0.05, 0.1) is 6.04 Å². The van der Waals surface area contributed by atoms with Gasteiger partial charge in [0.1, 0.15) is 0 Å². The quantitative estimate of drug-likeness (QED) is 0.567. The molecule has 2 amide bonds. The van der Waals surface area contributed by atoms with Gasteiger partial charge in [-0.2, -0.15) is 0 Å². The van der Waals surface area contributed by atoms with Crippen molar-refractivity contribution in [2.45, 2.75) is 38.1 Å². The van der Waals surface area contributed by atoms with E-state index in [0.717, 1.165) is 24.8 Å².